The molecule has 6 heteroatoms. The van der Waals surface area contributed by atoms with Crippen LogP contribution in [0.2, 0.25) is 0 Å². The Balaban J connectivity index is 2.00. The molecule has 1 aromatic carbocycles. The Hall–Kier alpha value is -1.66. The van der Waals surface area contributed by atoms with Crippen LogP contribution in [0.4, 0.5) is 11.4 Å². The molecule has 0 aliphatic carbocycles. The molecule has 0 aromatic heterocycles. The van der Waals surface area contributed by atoms with Gasteiger partial charge in [-0.25, -0.2) is 0 Å². The first-order chi connectivity index (χ1) is 8.70. The molecule has 0 spiro atoms. The lowest BCUT2D eigenvalue weighted by atomic mass is 10.1. The van der Waals surface area contributed by atoms with E-state index in [1.807, 2.05) is 0 Å². The van der Waals surface area contributed by atoms with Gasteiger partial charge in [-0.15, -0.1) is 0 Å². The number of nitrogens with one attached hydrogen (secondary N) is 1. The van der Waals surface area contributed by atoms with Gasteiger partial charge in [0.25, 0.3) is 5.69 Å². The number of aliphatic hydroxyl groups excluding tert-OH is 1. The van der Waals surface area contributed by atoms with E-state index in [1.165, 1.54) is 12.1 Å². The number of anilines is 1. The van der Waals surface area contributed by atoms with Gasteiger partial charge in [-0.3, -0.25) is 10.1 Å². The lowest BCUT2D eigenvalue weighted by molar-refractivity contribution is -0.384. The Morgan fingerprint density at radius 2 is 2.22 bits per heavy atom. The van der Waals surface area contributed by atoms with Crippen LogP contribution in [-0.2, 0) is 4.74 Å². The van der Waals surface area contributed by atoms with Gasteiger partial charge in [0.05, 0.1) is 23.7 Å². The highest BCUT2D eigenvalue weighted by molar-refractivity contribution is 5.49. The maximum absolute atomic E-state index is 10.5. The number of nitro groups is 1. The second-order valence-electron chi connectivity index (χ2n) is 4.29. The Kier molecular flexibility index (Phi) is 4.11. The molecule has 1 fully saturated rings. The summed E-state index contributed by atoms with van der Waals surface area (Å²) in [6.07, 6.45) is 1.93. The van der Waals surface area contributed by atoms with Crippen molar-refractivity contribution in [1.29, 1.82) is 0 Å². The first-order valence-corrected chi connectivity index (χ1v) is 5.94. The number of benzene rings is 1. The maximum Gasteiger partial charge on any atom is 0.269 e. The van der Waals surface area contributed by atoms with Crippen molar-refractivity contribution in [2.45, 2.75) is 25.0 Å². The van der Waals surface area contributed by atoms with Crippen molar-refractivity contribution in [2.75, 3.05) is 18.5 Å². The van der Waals surface area contributed by atoms with Crippen molar-refractivity contribution in [1.82, 2.24) is 0 Å². The largest absolute Gasteiger partial charge is 0.394 e. The molecule has 18 heavy (non-hydrogen) atoms. The molecule has 0 saturated carbocycles. The zero-order valence-electron chi connectivity index (χ0n) is 9.91. The summed E-state index contributed by atoms with van der Waals surface area (Å²) >= 11 is 0. The van der Waals surface area contributed by atoms with E-state index in [0.29, 0.717) is 0 Å². The van der Waals surface area contributed by atoms with Gasteiger partial charge in [0.2, 0.25) is 0 Å². The molecule has 2 N–H and O–H groups in total. The van der Waals surface area contributed by atoms with Crippen LogP contribution < -0.4 is 5.32 Å². The fraction of sp³-hybridized carbons (Fsp3) is 0.500. The van der Waals surface area contributed by atoms with Gasteiger partial charge in [0.1, 0.15) is 0 Å². The van der Waals surface area contributed by atoms with E-state index in [2.05, 4.69) is 5.32 Å². The van der Waals surface area contributed by atoms with Gasteiger partial charge in [-0.1, -0.05) is 0 Å². The van der Waals surface area contributed by atoms with Crippen molar-refractivity contribution in [3.8, 4) is 0 Å². The molecule has 1 aliphatic rings. The molecule has 0 unspecified atom stereocenters. The first kappa shape index (κ1) is 12.8. The van der Waals surface area contributed by atoms with E-state index in [9.17, 15) is 15.2 Å². The zero-order valence-corrected chi connectivity index (χ0v) is 9.91. The zero-order chi connectivity index (χ0) is 13.0. The average Bonchev–Trinajstić information content (AvgIpc) is 2.90. The van der Waals surface area contributed by atoms with Gasteiger partial charge < -0.3 is 15.2 Å². The summed E-state index contributed by atoms with van der Waals surface area (Å²) in [5, 5.41) is 23.0. The summed E-state index contributed by atoms with van der Waals surface area (Å²) in [4.78, 5) is 10.1. The molecule has 0 amide bonds. The molecular weight excluding hydrogens is 236 g/mol. The van der Waals surface area contributed by atoms with Crippen molar-refractivity contribution >= 4 is 11.4 Å². The second kappa shape index (κ2) is 5.79. The topological polar surface area (TPSA) is 84.6 Å². The molecule has 1 saturated heterocycles. The van der Waals surface area contributed by atoms with Crippen LogP contribution >= 0.6 is 0 Å². The molecule has 0 bridgehead atoms. The predicted molar refractivity (Wildman–Crippen MR) is 66.6 cm³/mol. The normalized spacial score (nSPS) is 20.6. The number of non-ortho nitro benzene ring substituents is 1. The van der Waals surface area contributed by atoms with Crippen LogP contribution in [0, 0.1) is 10.1 Å². The molecular formula is C12H16N2O4. The van der Waals surface area contributed by atoms with Gasteiger partial charge in [0, 0.05) is 24.4 Å². The maximum atomic E-state index is 10.5. The van der Waals surface area contributed by atoms with Crippen molar-refractivity contribution in [2.24, 2.45) is 0 Å². The van der Waals surface area contributed by atoms with Gasteiger partial charge in [-0.05, 0) is 25.0 Å². The molecule has 6 nitrogen and oxygen atoms in total. The summed E-state index contributed by atoms with van der Waals surface area (Å²) in [5.41, 5.74) is 0.799. The number of hydrogen-bond acceptors (Lipinski definition) is 5. The van der Waals surface area contributed by atoms with Gasteiger partial charge in [0.15, 0.2) is 0 Å². The lowest BCUT2D eigenvalue weighted by Crippen LogP contribution is -2.36. The third-order valence-corrected chi connectivity index (χ3v) is 3.04. The Morgan fingerprint density at radius 1 is 1.50 bits per heavy atom. The minimum absolute atomic E-state index is 0.00481. The molecule has 98 valence electrons. The monoisotopic (exact) mass is 252 g/mol. The second-order valence-corrected chi connectivity index (χ2v) is 4.29. The first-order valence-electron chi connectivity index (χ1n) is 5.94. The van der Waals surface area contributed by atoms with E-state index in [-0.39, 0.29) is 24.4 Å². The van der Waals surface area contributed by atoms with Crippen LogP contribution in [0.15, 0.2) is 24.3 Å². The number of aliphatic hydroxyl groups is 1. The standard InChI is InChI=1S/C12H16N2O4/c15-8-11(12-2-1-7-18-12)13-9-3-5-10(6-4-9)14(16)17/h3-6,11-13,15H,1-2,7-8H2/t11-,12+/m0/s1. The SMILES string of the molecule is O=[N+]([O-])c1ccc(N[C@@H](CO)[C@H]2CCCO2)cc1. The molecule has 0 radical (unpaired) electrons. The van der Waals surface area contributed by atoms with Crippen LogP contribution in [-0.4, -0.2) is 35.4 Å². The molecule has 1 heterocycles. The molecule has 2 atom stereocenters. The van der Waals surface area contributed by atoms with Crippen molar-refractivity contribution in [3.63, 3.8) is 0 Å². The van der Waals surface area contributed by atoms with Crippen LogP contribution in [0.25, 0.3) is 0 Å². The number of ether oxygens (including phenoxy) is 1. The fourth-order valence-electron chi connectivity index (χ4n) is 2.07. The average molecular weight is 252 g/mol. The lowest BCUT2D eigenvalue weighted by Gasteiger charge is -2.23. The summed E-state index contributed by atoms with van der Waals surface area (Å²) in [7, 11) is 0. The third-order valence-electron chi connectivity index (χ3n) is 3.04. The van der Waals surface area contributed by atoms with Crippen LogP contribution in [0.1, 0.15) is 12.8 Å². The predicted octanol–water partition coefficient (Wildman–Crippen LogP) is 1.55. The minimum Gasteiger partial charge on any atom is -0.394 e. The van der Waals surface area contributed by atoms with Gasteiger partial charge >= 0.3 is 0 Å². The van der Waals surface area contributed by atoms with Crippen molar-refractivity contribution < 1.29 is 14.8 Å². The minimum atomic E-state index is -0.437. The van der Waals surface area contributed by atoms with E-state index >= 15 is 0 Å². The smallest absolute Gasteiger partial charge is 0.269 e. The van der Waals surface area contributed by atoms with E-state index < -0.39 is 4.92 Å². The summed E-state index contributed by atoms with van der Waals surface area (Å²) in [6.45, 7) is 0.699. The van der Waals surface area contributed by atoms with E-state index in [4.69, 9.17) is 4.74 Å². The Bertz CT molecular complexity index is 401. The third kappa shape index (κ3) is 2.96. The quantitative estimate of drug-likeness (QED) is 0.613. The number of hydrogen-bond donors (Lipinski definition) is 2. The Morgan fingerprint density at radius 3 is 2.72 bits per heavy atom. The summed E-state index contributed by atoms with van der Waals surface area (Å²) < 4.78 is 5.51. The molecule has 1 aliphatic heterocycles. The highest BCUT2D eigenvalue weighted by Gasteiger charge is 2.25. The molecule has 2 rings (SSSR count). The van der Waals surface area contributed by atoms with Gasteiger partial charge in [-0.2, -0.15) is 0 Å². The summed E-state index contributed by atoms with van der Waals surface area (Å²) in [6, 6.07) is 5.97. The number of rotatable bonds is 5. The number of nitrogens with zero attached hydrogens (tertiary/aromatic N) is 1. The molecule has 1 aromatic rings. The van der Waals surface area contributed by atoms with Crippen LogP contribution in [0.5, 0.6) is 0 Å². The summed E-state index contributed by atoms with van der Waals surface area (Å²) in [5.74, 6) is 0. The number of nitro benzene ring substituents is 1. The highest BCUT2D eigenvalue weighted by atomic mass is 16.6. The van der Waals surface area contributed by atoms with E-state index in [0.717, 1.165) is 25.1 Å². The fourth-order valence-corrected chi connectivity index (χ4v) is 2.07. The van der Waals surface area contributed by atoms with E-state index in [1.54, 1.807) is 12.1 Å². The Labute approximate surface area is 105 Å². The van der Waals surface area contributed by atoms with Crippen molar-refractivity contribution in [3.05, 3.63) is 34.4 Å². The van der Waals surface area contributed by atoms with Crippen LogP contribution in [0.3, 0.4) is 0 Å². The highest BCUT2D eigenvalue weighted by Crippen LogP contribution is 2.21.